The van der Waals surface area contributed by atoms with E-state index in [1.165, 1.54) is 5.69 Å². The van der Waals surface area contributed by atoms with E-state index in [1.54, 1.807) is 7.05 Å². The van der Waals surface area contributed by atoms with E-state index in [0.717, 1.165) is 75.3 Å². The van der Waals surface area contributed by atoms with Gasteiger partial charge in [-0.15, -0.1) is 0 Å². The lowest BCUT2D eigenvalue weighted by molar-refractivity contribution is 0.255. The van der Waals surface area contributed by atoms with Gasteiger partial charge in [-0.25, -0.2) is 0 Å². The number of hydrogen-bond donors (Lipinski definition) is 2. The molecule has 7 heteroatoms. The number of piperazine rings is 1. The van der Waals surface area contributed by atoms with Crippen molar-refractivity contribution in [1.82, 2.24) is 10.2 Å². The van der Waals surface area contributed by atoms with E-state index in [0.29, 0.717) is 13.2 Å². The van der Waals surface area contributed by atoms with Crippen LogP contribution in [0.4, 0.5) is 11.4 Å². The van der Waals surface area contributed by atoms with Crippen LogP contribution in [0.5, 0.6) is 11.5 Å². The molecule has 2 N–H and O–H groups in total. The minimum atomic E-state index is 0.684. The molecule has 166 valence electrons. The number of anilines is 2. The maximum atomic E-state index is 5.77. The van der Waals surface area contributed by atoms with E-state index in [2.05, 4.69) is 55.8 Å². The molecule has 0 aliphatic carbocycles. The van der Waals surface area contributed by atoms with Crippen molar-refractivity contribution in [3.05, 3.63) is 48.5 Å². The fourth-order valence-electron chi connectivity index (χ4n) is 3.93. The van der Waals surface area contributed by atoms with Gasteiger partial charge in [0.2, 0.25) is 0 Å². The summed E-state index contributed by atoms with van der Waals surface area (Å²) in [6.07, 6.45) is 1.98. The first-order valence-corrected chi connectivity index (χ1v) is 11.2. The van der Waals surface area contributed by atoms with E-state index < -0.39 is 0 Å². The van der Waals surface area contributed by atoms with E-state index in [9.17, 15) is 0 Å². The predicted molar refractivity (Wildman–Crippen MR) is 127 cm³/mol. The van der Waals surface area contributed by atoms with Gasteiger partial charge in [-0.3, -0.25) is 9.89 Å². The molecule has 0 aromatic heterocycles. The highest BCUT2D eigenvalue weighted by Crippen LogP contribution is 2.32. The van der Waals surface area contributed by atoms with Crippen LogP contribution in [0, 0.1) is 0 Å². The number of guanidine groups is 1. The monoisotopic (exact) mass is 423 g/mol. The number of aliphatic imine (C=N–C) groups is 1. The minimum Gasteiger partial charge on any atom is -0.490 e. The van der Waals surface area contributed by atoms with Crippen molar-refractivity contribution in [2.45, 2.75) is 12.8 Å². The third-order valence-electron chi connectivity index (χ3n) is 5.67. The van der Waals surface area contributed by atoms with Gasteiger partial charge in [0.25, 0.3) is 0 Å². The Bertz CT molecular complexity index is 850. The van der Waals surface area contributed by atoms with Crippen LogP contribution >= 0.6 is 0 Å². The summed E-state index contributed by atoms with van der Waals surface area (Å²) in [4.78, 5) is 9.35. The third kappa shape index (κ3) is 6.04. The summed E-state index contributed by atoms with van der Waals surface area (Å²) in [6, 6.07) is 16.6. The number of para-hydroxylation sites is 1. The van der Waals surface area contributed by atoms with Gasteiger partial charge >= 0.3 is 0 Å². The lowest BCUT2D eigenvalue weighted by atomic mass is 10.2. The van der Waals surface area contributed by atoms with Gasteiger partial charge in [0.1, 0.15) is 0 Å². The summed E-state index contributed by atoms with van der Waals surface area (Å²) >= 11 is 0. The molecule has 0 amide bonds. The van der Waals surface area contributed by atoms with Crippen LogP contribution < -0.4 is 25.0 Å². The smallest absolute Gasteiger partial charge is 0.195 e. The van der Waals surface area contributed by atoms with Crippen LogP contribution in [-0.4, -0.2) is 70.4 Å². The topological polar surface area (TPSA) is 61.4 Å². The highest BCUT2D eigenvalue weighted by atomic mass is 16.5. The molecule has 2 aliphatic rings. The van der Waals surface area contributed by atoms with Crippen molar-refractivity contribution in [3.8, 4) is 11.5 Å². The second-order valence-corrected chi connectivity index (χ2v) is 7.85. The Morgan fingerprint density at radius 3 is 2.52 bits per heavy atom. The van der Waals surface area contributed by atoms with Crippen LogP contribution in [0.2, 0.25) is 0 Å². The van der Waals surface area contributed by atoms with E-state index in [-0.39, 0.29) is 0 Å². The summed E-state index contributed by atoms with van der Waals surface area (Å²) in [5, 5.41) is 6.76. The maximum absolute atomic E-state index is 5.77. The fourth-order valence-corrected chi connectivity index (χ4v) is 3.93. The molecule has 7 nitrogen and oxygen atoms in total. The van der Waals surface area contributed by atoms with Crippen molar-refractivity contribution in [2.75, 3.05) is 69.7 Å². The van der Waals surface area contributed by atoms with Gasteiger partial charge in [-0.1, -0.05) is 18.2 Å². The fraction of sp³-hybridized carbons (Fsp3) is 0.458. The van der Waals surface area contributed by atoms with Crippen molar-refractivity contribution in [3.63, 3.8) is 0 Å². The number of fused-ring (bicyclic) bond motifs is 1. The average molecular weight is 424 g/mol. The average Bonchev–Trinajstić information content (AvgIpc) is 3.07. The zero-order chi connectivity index (χ0) is 21.3. The quantitative estimate of drug-likeness (QED) is 0.423. The number of benzene rings is 2. The molecule has 0 radical (unpaired) electrons. The summed E-state index contributed by atoms with van der Waals surface area (Å²) in [5.74, 6) is 2.36. The molecule has 2 aliphatic heterocycles. The summed E-state index contributed by atoms with van der Waals surface area (Å²) in [6.45, 7) is 7.75. The summed E-state index contributed by atoms with van der Waals surface area (Å²) in [5.41, 5.74) is 2.27. The highest BCUT2D eigenvalue weighted by Gasteiger charge is 2.16. The predicted octanol–water partition coefficient (Wildman–Crippen LogP) is 3.05. The van der Waals surface area contributed by atoms with Gasteiger partial charge in [-0.05, 0) is 37.2 Å². The molecule has 1 fully saturated rings. The van der Waals surface area contributed by atoms with Gasteiger partial charge in [0.15, 0.2) is 17.5 Å². The zero-order valence-electron chi connectivity index (χ0n) is 18.3. The number of hydrogen-bond acceptors (Lipinski definition) is 5. The van der Waals surface area contributed by atoms with Gasteiger partial charge in [0.05, 0.1) is 13.2 Å². The molecule has 0 spiro atoms. The number of ether oxygens (including phenoxy) is 2. The minimum absolute atomic E-state index is 0.684. The number of nitrogens with one attached hydrogen (secondary N) is 2. The molecule has 0 atom stereocenters. The number of nitrogens with zero attached hydrogens (tertiary/aromatic N) is 3. The molecule has 0 saturated carbocycles. The van der Waals surface area contributed by atoms with Crippen LogP contribution in [0.25, 0.3) is 0 Å². The van der Waals surface area contributed by atoms with E-state index >= 15 is 0 Å². The summed E-state index contributed by atoms with van der Waals surface area (Å²) in [7, 11) is 1.79. The normalized spacial score (nSPS) is 17.2. The van der Waals surface area contributed by atoms with Crippen molar-refractivity contribution in [1.29, 1.82) is 0 Å². The Kier molecular flexibility index (Phi) is 7.50. The van der Waals surface area contributed by atoms with Crippen LogP contribution in [0.1, 0.15) is 12.8 Å². The second-order valence-electron chi connectivity index (χ2n) is 7.85. The molecular formula is C24H33N5O2. The standard InChI is InChI=1S/C24H33N5O2/c1-25-24(27-20-9-10-22-23(19-20)31-18-6-17-30-22)26-11-5-12-28-13-15-29(16-14-28)21-7-3-2-4-8-21/h2-4,7-10,19H,5-6,11-18H2,1H3,(H2,25,26,27). The molecule has 2 aromatic carbocycles. The van der Waals surface area contributed by atoms with Crippen molar-refractivity contribution in [2.24, 2.45) is 4.99 Å². The largest absolute Gasteiger partial charge is 0.490 e. The first-order chi connectivity index (χ1) is 15.3. The SMILES string of the molecule is CN=C(NCCCN1CCN(c2ccccc2)CC1)Nc1ccc2c(c1)OCCCO2. The van der Waals surface area contributed by atoms with E-state index in [4.69, 9.17) is 9.47 Å². The number of rotatable bonds is 6. The molecule has 2 aromatic rings. The second kappa shape index (κ2) is 10.9. The molecule has 1 saturated heterocycles. The van der Waals surface area contributed by atoms with Crippen LogP contribution in [-0.2, 0) is 0 Å². The molecule has 0 unspecified atom stereocenters. The Labute approximate surface area is 185 Å². The zero-order valence-corrected chi connectivity index (χ0v) is 18.3. The highest BCUT2D eigenvalue weighted by molar-refractivity contribution is 5.93. The molecule has 0 bridgehead atoms. The van der Waals surface area contributed by atoms with E-state index in [1.807, 2.05) is 18.2 Å². The lowest BCUT2D eigenvalue weighted by Gasteiger charge is -2.36. The first kappa shape index (κ1) is 21.3. The Morgan fingerprint density at radius 1 is 0.968 bits per heavy atom. The summed E-state index contributed by atoms with van der Waals surface area (Å²) < 4.78 is 11.5. The van der Waals surface area contributed by atoms with Gasteiger partial charge in [0, 0.05) is 63.6 Å². The molecular weight excluding hydrogens is 390 g/mol. The van der Waals surface area contributed by atoms with Crippen LogP contribution in [0.15, 0.2) is 53.5 Å². The van der Waals surface area contributed by atoms with Gasteiger partial charge in [-0.2, -0.15) is 0 Å². The lowest BCUT2D eigenvalue weighted by Crippen LogP contribution is -2.47. The van der Waals surface area contributed by atoms with Crippen molar-refractivity contribution < 1.29 is 9.47 Å². The third-order valence-corrected chi connectivity index (χ3v) is 5.67. The Balaban J connectivity index is 1.17. The van der Waals surface area contributed by atoms with Crippen LogP contribution in [0.3, 0.4) is 0 Å². The molecule has 31 heavy (non-hydrogen) atoms. The molecule has 4 rings (SSSR count). The Hall–Kier alpha value is -2.93. The Morgan fingerprint density at radius 2 is 1.74 bits per heavy atom. The first-order valence-electron chi connectivity index (χ1n) is 11.2. The maximum Gasteiger partial charge on any atom is 0.195 e. The van der Waals surface area contributed by atoms with Gasteiger partial charge < -0.3 is 25.0 Å². The van der Waals surface area contributed by atoms with Crippen molar-refractivity contribution >= 4 is 17.3 Å². The molecule has 2 heterocycles.